The number of rotatable bonds is 7. The van der Waals surface area contributed by atoms with Gasteiger partial charge in [-0.15, -0.1) is 0 Å². The molecule has 1 fully saturated rings. The maximum Gasteiger partial charge on any atom is 0.271 e. The third-order valence-corrected chi connectivity index (χ3v) is 6.41. The zero-order chi connectivity index (χ0) is 23.8. The van der Waals surface area contributed by atoms with E-state index in [9.17, 15) is 9.59 Å². The Morgan fingerprint density at radius 2 is 1.35 bits per heavy atom. The summed E-state index contributed by atoms with van der Waals surface area (Å²) >= 11 is 0. The van der Waals surface area contributed by atoms with Gasteiger partial charge in [-0.05, 0) is 55.2 Å². The van der Waals surface area contributed by atoms with Crippen LogP contribution in [0.15, 0.2) is 90.0 Å². The zero-order valence-corrected chi connectivity index (χ0v) is 19.5. The van der Waals surface area contributed by atoms with E-state index < -0.39 is 0 Å². The Hall–Kier alpha value is -3.73. The van der Waals surface area contributed by atoms with Crippen LogP contribution in [-0.4, -0.2) is 17.5 Å². The summed E-state index contributed by atoms with van der Waals surface area (Å²) < 4.78 is 0. The minimum Gasteiger partial charge on any atom is -0.326 e. The molecule has 1 saturated carbocycles. The predicted octanol–water partition coefficient (Wildman–Crippen LogP) is 6.14. The minimum absolute atomic E-state index is 0.0555. The van der Waals surface area contributed by atoms with E-state index >= 15 is 0 Å². The van der Waals surface area contributed by atoms with E-state index in [-0.39, 0.29) is 23.7 Å². The molecule has 3 aromatic carbocycles. The summed E-state index contributed by atoms with van der Waals surface area (Å²) in [4.78, 5) is 25.2. The van der Waals surface area contributed by atoms with Crippen molar-refractivity contribution in [3.8, 4) is 0 Å². The smallest absolute Gasteiger partial charge is 0.271 e. The van der Waals surface area contributed by atoms with Crippen molar-refractivity contribution in [2.45, 2.75) is 44.9 Å². The van der Waals surface area contributed by atoms with E-state index in [0.29, 0.717) is 11.3 Å². The molecular formula is C29H31N3O2. The van der Waals surface area contributed by atoms with Crippen molar-refractivity contribution in [2.75, 3.05) is 5.32 Å². The van der Waals surface area contributed by atoms with Gasteiger partial charge in [0.1, 0.15) is 0 Å². The number of carbonyl (C=O) groups is 2. The predicted molar refractivity (Wildman–Crippen MR) is 137 cm³/mol. The maximum absolute atomic E-state index is 12.7. The number of carbonyl (C=O) groups excluding carboxylic acids is 2. The fourth-order valence-electron chi connectivity index (χ4n) is 4.55. The van der Waals surface area contributed by atoms with Crippen LogP contribution >= 0.6 is 0 Å². The topological polar surface area (TPSA) is 70.6 Å². The molecule has 0 bridgehead atoms. The van der Waals surface area contributed by atoms with Crippen LogP contribution in [0.1, 0.15) is 66.4 Å². The highest BCUT2D eigenvalue weighted by Crippen LogP contribution is 2.26. The number of benzene rings is 3. The Bertz CT molecular complexity index is 1080. The number of nitrogens with zero attached hydrogens (tertiary/aromatic N) is 1. The third-order valence-electron chi connectivity index (χ3n) is 6.41. The van der Waals surface area contributed by atoms with Gasteiger partial charge in [-0.25, -0.2) is 5.43 Å². The lowest BCUT2D eigenvalue weighted by Gasteiger charge is -2.20. The van der Waals surface area contributed by atoms with Gasteiger partial charge in [-0.1, -0.05) is 79.9 Å². The summed E-state index contributed by atoms with van der Waals surface area (Å²) in [6.45, 7) is 1.93. The van der Waals surface area contributed by atoms with Crippen LogP contribution in [0.5, 0.6) is 0 Å². The van der Waals surface area contributed by atoms with E-state index in [0.717, 1.165) is 42.5 Å². The first-order valence-corrected chi connectivity index (χ1v) is 12.0. The quantitative estimate of drug-likeness (QED) is 0.333. The van der Waals surface area contributed by atoms with E-state index in [4.69, 9.17) is 0 Å². The van der Waals surface area contributed by atoms with Crippen molar-refractivity contribution in [2.24, 2.45) is 11.0 Å². The monoisotopic (exact) mass is 453 g/mol. The minimum atomic E-state index is -0.288. The molecule has 5 heteroatoms. The van der Waals surface area contributed by atoms with E-state index in [1.54, 1.807) is 24.3 Å². The first-order valence-electron chi connectivity index (χ1n) is 12.0. The molecule has 2 amide bonds. The highest BCUT2D eigenvalue weighted by atomic mass is 16.2. The summed E-state index contributed by atoms with van der Waals surface area (Å²) in [5, 5.41) is 7.41. The standard InChI is InChI=1S/C29H31N3O2/c1-21(27(22-11-5-2-6-12-22)23-13-7-3-8-14-23)31-32-29(34)25-17-19-26(20-18-25)30-28(33)24-15-9-4-10-16-24/h2-3,5-8,11-14,17-20,24,27H,4,9-10,15-16H2,1H3,(H,30,33)(H,32,34)/b31-21+. The molecule has 2 N–H and O–H groups in total. The van der Waals surface area contributed by atoms with Gasteiger partial charge in [0.15, 0.2) is 0 Å². The molecule has 3 aromatic rings. The molecule has 4 rings (SSSR count). The van der Waals surface area contributed by atoms with Crippen LogP contribution in [0.25, 0.3) is 0 Å². The second-order valence-electron chi connectivity index (χ2n) is 8.85. The molecule has 34 heavy (non-hydrogen) atoms. The van der Waals surface area contributed by atoms with Crippen molar-refractivity contribution in [1.29, 1.82) is 0 Å². The maximum atomic E-state index is 12.7. The molecule has 0 aromatic heterocycles. The van der Waals surface area contributed by atoms with Crippen LogP contribution < -0.4 is 10.7 Å². The molecule has 0 heterocycles. The van der Waals surface area contributed by atoms with Gasteiger partial charge >= 0.3 is 0 Å². The average molecular weight is 454 g/mol. The lowest BCUT2D eigenvalue weighted by molar-refractivity contribution is -0.120. The number of hydrazone groups is 1. The van der Waals surface area contributed by atoms with Crippen molar-refractivity contribution in [3.05, 3.63) is 102 Å². The summed E-state index contributed by atoms with van der Waals surface area (Å²) in [6, 6.07) is 27.2. The van der Waals surface area contributed by atoms with Crippen molar-refractivity contribution in [1.82, 2.24) is 5.43 Å². The molecule has 5 nitrogen and oxygen atoms in total. The largest absolute Gasteiger partial charge is 0.326 e. The molecule has 0 aliphatic heterocycles. The van der Waals surface area contributed by atoms with E-state index in [2.05, 4.69) is 40.1 Å². The Morgan fingerprint density at radius 1 is 0.794 bits per heavy atom. The summed E-state index contributed by atoms with van der Waals surface area (Å²) in [7, 11) is 0. The number of amides is 2. The van der Waals surface area contributed by atoms with Gasteiger partial charge < -0.3 is 5.32 Å². The molecule has 0 unspecified atom stereocenters. The molecule has 0 saturated heterocycles. The van der Waals surface area contributed by atoms with Gasteiger partial charge in [0, 0.05) is 28.8 Å². The van der Waals surface area contributed by atoms with E-state index in [1.165, 1.54) is 6.42 Å². The molecular weight excluding hydrogens is 422 g/mol. The Morgan fingerprint density at radius 3 is 1.91 bits per heavy atom. The van der Waals surface area contributed by atoms with Gasteiger partial charge in [0.25, 0.3) is 5.91 Å². The summed E-state index contributed by atoms with van der Waals surface area (Å²) in [5.74, 6) is -0.175. The van der Waals surface area contributed by atoms with Crippen LogP contribution in [0, 0.1) is 5.92 Å². The SMILES string of the molecule is C/C(=N\NC(=O)c1ccc(NC(=O)C2CCCCC2)cc1)C(c1ccccc1)c1ccccc1. The highest BCUT2D eigenvalue weighted by molar-refractivity contribution is 5.98. The highest BCUT2D eigenvalue weighted by Gasteiger charge is 2.21. The molecule has 1 aliphatic rings. The lowest BCUT2D eigenvalue weighted by atomic mass is 9.88. The zero-order valence-electron chi connectivity index (χ0n) is 19.5. The number of anilines is 1. The molecule has 0 atom stereocenters. The number of hydrogen-bond acceptors (Lipinski definition) is 3. The Balaban J connectivity index is 1.42. The van der Waals surface area contributed by atoms with Gasteiger partial charge in [-0.3, -0.25) is 9.59 Å². The second-order valence-corrected chi connectivity index (χ2v) is 8.85. The van der Waals surface area contributed by atoms with Crippen LogP contribution in [0.2, 0.25) is 0 Å². The van der Waals surface area contributed by atoms with Gasteiger partial charge in [0.05, 0.1) is 0 Å². The van der Waals surface area contributed by atoms with Crippen molar-refractivity contribution >= 4 is 23.2 Å². The van der Waals surface area contributed by atoms with Crippen molar-refractivity contribution in [3.63, 3.8) is 0 Å². The fraction of sp³-hybridized carbons (Fsp3) is 0.276. The first-order chi connectivity index (χ1) is 16.6. The average Bonchev–Trinajstić information content (AvgIpc) is 2.89. The lowest BCUT2D eigenvalue weighted by Crippen LogP contribution is -2.25. The van der Waals surface area contributed by atoms with Crippen LogP contribution in [0.4, 0.5) is 5.69 Å². The Kier molecular flexibility index (Phi) is 7.87. The Labute approximate surface area is 201 Å². The normalized spacial score (nSPS) is 14.6. The fourth-order valence-corrected chi connectivity index (χ4v) is 4.55. The number of hydrogen-bond donors (Lipinski definition) is 2. The first kappa shape index (κ1) is 23.4. The summed E-state index contributed by atoms with van der Waals surface area (Å²) in [6.07, 6.45) is 5.36. The summed E-state index contributed by atoms with van der Waals surface area (Å²) in [5.41, 5.74) is 6.91. The van der Waals surface area contributed by atoms with Gasteiger partial charge in [0.2, 0.25) is 5.91 Å². The van der Waals surface area contributed by atoms with Crippen molar-refractivity contribution < 1.29 is 9.59 Å². The van der Waals surface area contributed by atoms with E-state index in [1.807, 2.05) is 43.3 Å². The van der Waals surface area contributed by atoms with Crippen LogP contribution in [0.3, 0.4) is 0 Å². The molecule has 0 spiro atoms. The molecule has 0 radical (unpaired) electrons. The van der Waals surface area contributed by atoms with Gasteiger partial charge in [-0.2, -0.15) is 5.10 Å². The number of nitrogens with one attached hydrogen (secondary N) is 2. The third kappa shape index (κ3) is 5.98. The van der Waals surface area contributed by atoms with Crippen LogP contribution in [-0.2, 0) is 4.79 Å². The molecule has 174 valence electrons. The second kappa shape index (κ2) is 11.4. The molecule has 1 aliphatic carbocycles.